The Morgan fingerprint density at radius 2 is 2.00 bits per heavy atom. The van der Waals surface area contributed by atoms with Gasteiger partial charge in [0.05, 0.1) is 11.4 Å². The lowest BCUT2D eigenvalue weighted by Gasteiger charge is -2.10. The van der Waals surface area contributed by atoms with Crippen LogP contribution in [0.15, 0.2) is 41.5 Å². The van der Waals surface area contributed by atoms with Gasteiger partial charge in [0.1, 0.15) is 0 Å². The molecule has 0 aliphatic heterocycles. The molecule has 2 aromatic rings. The molecule has 2 N–H and O–H groups in total. The topological polar surface area (TPSA) is 54.2 Å². The molecule has 1 aliphatic rings. The molecule has 0 unspecified atom stereocenters. The third-order valence-corrected chi connectivity index (χ3v) is 4.49. The Morgan fingerprint density at radius 1 is 1.23 bits per heavy atom. The molecule has 5 nitrogen and oxygen atoms in total. The van der Waals surface area contributed by atoms with E-state index in [9.17, 15) is 0 Å². The van der Waals surface area contributed by atoms with E-state index in [2.05, 4.69) is 52.9 Å². The van der Waals surface area contributed by atoms with Crippen molar-refractivity contribution in [1.82, 2.24) is 20.4 Å². The van der Waals surface area contributed by atoms with Crippen molar-refractivity contribution in [2.24, 2.45) is 10.9 Å². The lowest BCUT2D eigenvalue weighted by molar-refractivity contribution is 0.734. The van der Waals surface area contributed by atoms with Gasteiger partial charge in [-0.3, -0.25) is 4.99 Å². The highest BCUT2D eigenvalue weighted by Gasteiger charge is 2.20. The summed E-state index contributed by atoms with van der Waals surface area (Å²) in [5.41, 5.74) is 3.53. The van der Waals surface area contributed by atoms with Gasteiger partial charge in [0.2, 0.25) is 0 Å². The molecule has 0 radical (unpaired) electrons. The average molecular weight is 467 g/mol. The van der Waals surface area contributed by atoms with E-state index in [0.717, 1.165) is 55.7 Å². The van der Waals surface area contributed by atoms with Gasteiger partial charge in [0, 0.05) is 25.8 Å². The summed E-state index contributed by atoms with van der Waals surface area (Å²) in [7, 11) is 0. The second kappa shape index (κ2) is 10.5. The first-order valence-electron chi connectivity index (χ1n) is 9.39. The zero-order valence-corrected chi connectivity index (χ0v) is 18.1. The molecule has 1 saturated carbocycles. The van der Waals surface area contributed by atoms with Crippen LogP contribution in [-0.4, -0.2) is 35.4 Å². The maximum absolute atomic E-state index is 4.66. The summed E-state index contributed by atoms with van der Waals surface area (Å²) < 4.78 is 1.97. The smallest absolute Gasteiger partial charge is 0.191 e. The van der Waals surface area contributed by atoms with Crippen LogP contribution in [0.5, 0.6) is 0 Å². The monoisotopic (exact) mass is 467 g/mol. The molecule has 1 aliphatic carbocycles. The van der Waals surface area contributed by atoms with Crippen LogP contribution in [0.3, 0.4) is 0 Å². The number of halogens is 1. The minimum atomic E-state index is 0. The van der Waals surface area contributed by atoms with E-state index in [1.54, 1.807) is 0 Å². The van der Waals surface area contributed by atoms with Crippen LogP contribution in [0, 0.1) is 12.8 Å². The largest absolute Gasteiger partial charge is 0.357 e. The number of para-hydroxylation sites is 1. The Bertz CT molecular complexity index is 691. The molecule has 3 rings (SSSR count). The van der Waals surface area contributed by atoms with E-state index in [4.69, 9.17) is 0 Å². The molecule has 0 saturated heterocycles. The maximum Gasteiger partial charge on any atom is 0.191 e. The number of nitrogens with zero attached hydrogens (tertiary/aromatic N) is 3. The van der Waals surface area contributed by atoms with E-state index in [0.29, 0.717) is 0 Å². The predicted molar refractivity (Wildman–Crippen MR) is 119 cm³/mol. The molecule has 1 aromatic carbocycles. The highest BCUT2D eigenvalue weighted by atomic mass is 127. The Labute approximate surface area is 173 Å². The minimum absolute atomic E-state index is 0. The van der Waals surface area contributed by atoms with Crippen LogP contribution < -0.4 is 10.6 Å². The summed E-state index contributed by atoms with van der Waals surface area (Å²) in [6, 6.07) is 10.3. The molecule has 142 valence electrons. The molecule has 6 heteroatoms. The zero-order valence-electron chi connectivity index (χ0n) is 15.7. The first kappa shape index (κ1) is 20.7. The summed E-state index contributed by atoms with van der Waals surface area (Å²) in [5, 5.41) is 11.4. The van der Waals surface area contributed by atoms with E-state index < -0.39 is 0 Å². The summed E-state index contributed by atoms with van der Waals surface area (Å²) >= 11 is 0. The number of rotatable bonds is 8. The van der Waals surface area contributed by atoms with Gasteiger partial charge in [-0.1, -0.05) is 18.2 Å². The fourth-order valence-electron chi connectivity index (χ4n) is 2.80. The number of guanidine groups is 1. The second-order valence-electron chi connectivity index (χ2n) is 6.71. The molecule has 1 heterocycles. The number of nitrogens with one attached hydrogen (secondary N) is 2. The van der Waals surface area contributed by atoms with Crippen molar-refractivity contribution in [2.75, 3.05) is 19.6 Å². The molecule has 0 amide bonds. The maximum atomic E-state index is 4.66. The quantitative estimate of drug-likeness (QED) is 0.270. The van der Waals surface area contributed by atoms with E-state index in [-0.39, 0.29) is 24.0 Å². The number of aryl methyl sites for hydroxylation is 2. The number of aliphatic imine (C=N–C) groups is 1. The first-order chi connectivity index (χ1) is 12.3. The fraction of sp³-hybridized carbons (Fsp3) is 0.500. The van der Waals surface area contributed by atoms with Crippen LogP contribution in [0.25, 0.3) is 5.69 Å². The first-order valence-corrected chi connectivity index (χ1v) is 9.39. The predicted octanol–water partition coefficient (Wildman–Crippen LogP) is 3.70. The Morgan fingerprint density at radius 3 is 2.69 bits per heavy atom. The van der Waals surface area contributed by atoms with E-state index in [1.807, 2.05) is 22.9 Å². The molecule has 26 heavy (non-hydrogen) atoms. The van der Waals surface area contributed by atoms with Crippen LogP contribution in [0.4, 0.5) is 0 Å². The molecule has 1 fully saturated rings. The zero-order chi connectivity index (χ0) is 17.5. The Balaban J connectivity index is 0.00000243. The normalized spacial score (nSPS) is 14.0. The minimum Gasteiger partial charge on any atom is -0.357 e. The van der Waals surface area contributed by atoms with Gasteiger partial charge in [0.25, 0.3) is 0 Å². The lowest BCUT2D eigenvalue weighted by Crippen LogP contribution is -2.38. The van der Waals surface area contributed by atoms with Crippen LogP contribution >= 0.6 is 24.0 Å². The molecule has 1 aromatic heterocycles. The van der Waals surface area contributed by atoms with Crippen molar-refractivity contribution in [1.29, 1.82) is 0 Å². The SMILES string of the molecule is CCNC(=NCC1CC1)NCCCc1cn(-c2ccccc2)nc1C.I. The summed E-state index contributed by atoms with van der Waals surface area (Å²) in [6.07, 6.45) is 6.92. The lowest BCUT2D eigenvalue weighted by atomic mass is 10.1. The van der Waals surface area contributed by atoms with Crippen molar-refractivity contribution in [2.45, 2.75) is 39.5 Å². The number of benzene rings is 1. The highest BCUT2D eigenvalue weighted by molar-refractivity contribution is 14.0. The highest BCUT2D eigenvalue weighted by Crippen LogP contribution is 2.28. The molecule has 0 bridgehead atoms. The van der Waals surface area contributed by atoms with Gasteiger partial charge in [-0.2, -0.15) is 5.10 Å². The van der Waals surface area contributed by atoms with Crippen LogP contribution in [0.2, 0.25) is 0 Å². The van der Waals surface area contributed by atoms with E-state index in [1.165, 1.54) is 18.4 Å². The molecular weight excluding hydrogens is 437 g/mol. The summed E-state index contributed by atoms with van der Waals surface area (Å²) in [5.74, 6) is 1.77. The molecular formula is C20H30IN5. The van der Waals surface area contributed by atoms with Gasteiger partial charge in [-0.15, -0.1) is 24.0 Å². The van der Waals surface area contributed by atoms with E-state index >= 15 is 0 Å². The summed E-state index contributed by atoms with van der Waals surface area (Å²) in [6.45, 7) is 6.98. The Hall–Kier alpha value is -1.57. The number of hydrogen-bond donors (Lipinski definition) is 2. The molecule has 0 spiro atoms. The van der Waals surface area contributed by atoms with Gasteiger partial charge in [0.15, 0.2) is 5.96 Å². The number of aromatic nitrogens is 2. The third-order valence-electron chi connectivity index (χ3n) is 4.49. The standard InChI is InChI=1S/C20H29N5.HI/c1-3-21-20(23-14-17-11-12-17)22-13-7-8-18-15-25(24-16(18)2)19-9-5-4-6-10-19;/h4-6,9-10,15,17H,3,7-8,11-14H2,1-2H3,(H2,21,22,23);1H. The third kappa shape index (κ3) is 6.30. The van der Waals surface area contributed by atoms with Crippen molar-refractivity contribution in [3.05, 3.63) is 47.8 Å². The second-order valence-corrected chi connectivity index (χ2v) is 6.71. The van der Waals surface area contributed by atoms with Crippen LogP contribution in [-0.2, 0) is 6.42 Å². The van der Waals surface area contributed by atoms with Crippen molar-refractivity contribution in [3.63, 3.8) is 0 Å². The van der Waals surface area contributed by atoms with Gasteiger partial charge in [-0.25, -0.2) is 4.68 Å². The Kier molecular flexibility index (Phi) is 8.41. The van der Waals surface area contributed by atoms with Crippen molar-refractivity contribution < 1.29 is 0 Å². The van der Waals surface area contributed by atoms with Crippen molar-refractivity contribution >= 4 is 29.9 Å². The number of hydrogen-bond acceptors (Lipinski definition) is 2. The van der Waals surface area contributed by atoms with Crippen LogP contribution in [0.1, 0.15) is 37.4 Å². The fourth-order valence-corrected chi connectivity index (χ4v) is 2.80. The average Bonchev–Trinajstić information content (AvgIpc) is 3.39. The van der Waals surface area contributed by atoms with Gasteiger partial charge < -0.3 is 10.6 Å². The van der Waals surface area contributed by atoms with Crippen molar-refractivity contribution in [3.8, 4) is 5.69 Å². The van der Waals surface area contributed by atoms with Gasteiger partial charge >= 0.3 is 0 Å². The summed E-state index contributed by atoms with van der Waals surface area (Å²) in [4.78, 5) is 4.66. The molecule has 0 atom stereocenters. The van der Waals surface area contributed by atoms with Gasteiger partial charge in [-0.05, 0) is 63.1 Å².